The van der Waals surface area contributed by atoms with Crippen LogP contribution in [0.3, 0.4) is 0 Å². The lowest BCUT2D eigenvalue weighted by atomic mass is 10.1. The molecule has 1 aromatic heterocycles. The maximum Gasteiger partial charge on any atom is 0.328 e. The summed E-state index contributed by atoms with van der Waals surface area (Å²) >= 11 is 0. The van der Waals surface area contributed by atoms with E-state index in [0.717, 1.165) is 29.0 Å². The van der Waals surface area contributed by atoms with Gasteiger partial charge < -0.3 is 19.3 Å². The largest absolute Gasteiger partial charge is 0.489 e. The molecule has 4 aromatic rings. The highest BCUT2D eigenvalue weighted by Gasteiger charge is 2.14. The molecule has 0 saturated carbocycles. The summed E-state index contributed by atoms with van der Waals surface area (Å²) < 4.78 is 7.86. The van der Waals surface area contributed by atoms with Crippen molar-refractivity contribution in [2.75, 3.05) is 13.6 Å². The van der Waals surface area contributed by atoms with Crippen LogP contribution in [0.4, 0.5) is 0 Å². The number of benzene rings is 3. The Morgan fingerprint density at radius 2 is 1.75 bits per heavy atom. The molecule has 0 aliphatic rings. The van der Waals surface area contributed by atoms with Crippen LogP contribution in [-0.4, -0.2) is 40.0 Å². The Balaban J connectivity index is 1.52. The summed E-state index contributed by atoms with van der Waals surface area (Å²) in [4.78, 5) is 25.8. The van der Waals surface area contributed by atoms with Crippen LogP contribution in [0.25, 0.3) is 17.0 Å². The highest BCUT2D eigenvalue weighted by atomic mass is 16.5. The van der Waals surface area contributed by atoms with E-state index in [-0.39, 0.29) is 12.5 Å². The number of likely N-dealkylation sites (N-methyl/N-ethyl adjacent to an activating group) is 1. The first-order valence-corrected chi connectivity index (χ1v) is 11.9. The molecule has 36 heavy (non-hydrogen) atoms. The smallest absolute Gasteiger partial charge is 0.328 e. The minimum Gasteiger partial charge on any atom is -0.489 e. The van der Waals surface area contributed by atoms with Gasteiger partial charge in [0.15, 0.2) is 0 Å². The molecule has 0 spiro atoms. The Morgan fingerprint density at radius 1 is 1.00 bits per heavy atom. The zero-order chi connectivity index (χ0) is 25.5. The molecule has 0 fully saturated rings. The maximum atomic E-state index is 13.0. The minimum atomic E-state index is -1.03. The fourth-order valence-corrected chi connectivity index (χ4v) is 4.00. The normalized spacial score (nSPS) is 11.2. The van der Waals surface area contributed by atoms with Gasteiger partial charge in [-0.05, 0) is 48.7 Å². The molecule has 1 heterocycles. The zero-order valence-corrected chi connectivity index (χ0v) is 20.6. The molecule has 0 radical (unpaired) electrons. The fraction of sp³-hybridized carbons (Fsp3) is 0.200. The minimum absolute atomic E-state index is 0.0173. The topological polar surface area (TPSA) is 71.8 Å². The van der Waals surface area contributed by atoms with Gasteiger partial charge in [0.05, 0.1) is 0 Å². The summed E-state index contributed by atoms with van der Waals surface area (Å²) in [6, 6.07) is 23.9. The number of aromatic nitrogens is 1. The Bertz CT molecular complexity index is 1370. The quantitative estimate of drug-likeness (QED) is 0.310. The first kappa shape index (κ1) is 24.8. The lowest BCUT2D eigenvalue weighted by Gasteiger charge is -2.18. The maximum absolute atomic E-state index is 13.0. The van der Waals surface area contributed by atoms with E-state index >= 15 is 0 Å². The number of carboxylic acids is 1. The van der Waals surface area contributed by atoms with Crippen LogP contribution in [0.5, 0.6) is 5.75 Å². The van der Waals surface area contributed by atoms with Gasteiger partial charge >= 0.3 is 5.97 Å². The SMILES string of the molecule is Cc1ccc(COc2ccc3c(c2)c(/C=C/C(=O)O)cn3CC(=O)N(C)CCc2ccccc2)cc1. The molecule has 0 atom stereocenters. The van der Waals surface area contributed by atoms with Crippen LogP contribution in [-0.2, 0) is 29.2 Å². The highest BCUT2D eigenvalue weighted by molar-refractivity contribution is 5.95. The molecule has 0 bridgehead atoms. The molecule has 0 aliphatic carbocycles. The first-order valence-electron chi connectivity index (χ1n) is 11.9. The van der Waals surface area contributed by atoms with Crippen LogP contribution in [0.15, 0.2) is 85.1 Å². The van der Waals surface area contributed by atoms with Crippen molar-refractivity contribution in [2.24, 2.45) is 0 Å². The van der Waals surface area contributed by atoms with Gasteiger partial charge in [-0.25, -0.2) is 4.79 Å². The molecular weight excluding hydrogens is 452 g/mol. The molecule has 3 aromatic carbocycles. The molecule has 6 heteroatoms. The van der Waals surface area contributed by atoms with Crippen LogP contribution >= 0.6 is 0 Å². The van der Waals surface area contributed by atoms with Crippen molar-refractivity contribution in [3.8, 4) is 5.75 Å². The van der Waals surface area contributed by atoms with Crippen molar-refractivity contribution >= 4 is 28.9 Å². The third-order valence-electron chi connectivity index (χ3n) is 6.13. The van der Waals surface area contributed by atoms with Crippen molar-refractivity contribution in [2.45, 2.75) is 26.5 Å². The second-order valence-corrected chi connectivity index (χ2v) is 8.89. The zero-order valence-electron chi connectivity index (χ0n) is 20.6. The fourth-order valence-electron chi connectivity index (χ4n) is 4.00. The number of hydrogen-bond donors (Lipinski definition) is 1. The number of hydrogen-bond acceptors (Lipinski definition) is 3. The molecule has 0 aliphatic heterocycles. The van der Waals surface area contributed by atoms with Gasteiger partial charge in [-0.3, -0.25) is 4.79 Å². The number of ether oxygens (including phenoxy) is 1. The number of rotatable bonds is 10. The number of aliphatic carboxylic acids is 1. The van der Waals surface area contributed by atoms with Crippen LogP contribution < -0.4 is 4.74 Å². The van der Waals surface area contributed by atoms with Crippen molar-refractivity contribution < 1.29 is 19.4 Å². The summed E-state index contributed by atoms with van der Waals surface area (Å²) in [5.74, 6) is -0.368. The Hall–Kier alpha value is -4.32. The lowest BCUT2D eigenvalue weighted by molar-refractivity contribution is -0.131. The highest BCUT2D eigenvalue weighted by Crippen LogP contribution is 2.28. The van der Waals surface area contributed by atoms with Crippen LogP contribution in [0, 0.1) is 6.92 Å². The standard InChI is InChI=1S/C30H30N2O4/c1-22-8-10-24(11-9-22)21-36-26-13-14-28-27(18-26)25(12-15-30(34)35)19-32(28)20-29(33)31(2)17-16-23-6-4-3-5-7-23/h3-15,18-19H,16-17,20-21H2,1-2H3,(H,34,35)/b15-12+. The van der Waals surface area contributed by atoms with Crippen LogP contribution in [0.2, 0.25) is 0 Å². The Kier molecular flexibility index (Phi) is 7.85. The molecule has 0 unspecified atom stereocenters. The van der Waals surface area contributed by atoms with Gasteiger partial charge in [0.25, 0.3) is 0 Å². The van der Waals surface area contributed by atoms with Gasteiger partial charge in [0.1, 0.15) is 18.9 Å². The summed E-state index contributed by atoms with van der Waals surface area (Å²) in [6.45, 7) is 3.25. The Morgan fingerprint density at radius 3 is 2.47 bits per heavy atom. The molecule has 184 valence electrons. The summed E-state index contributed by atoms with van der Waals surface area (Å²) in [7, 11) is 1.80. The van der Waals surface area contributed by atoms with Gasteiger partial charge in [0.2, 0.25) is 5.91 Å². The van der Waals surface area contributed by atoms with Crippen molar-refractivity contribution in [3.63, 3.8) is 0 Å². The summed E-state index contributed by atoms with van der Waals surface area (Å²) in [5.41, 5.74) is 4.99. The van der Waals surface area contributed by atoms with Gasteiger partial charge in [-0.15, -0.1) is 0 Å². The molecule has 1 amide bonds. The van der Waals surface area contributed by atoms with Gasteiger partial charge in [-0.2, -0.15) is 0 Å². The van der Waals surface area contributed by atoms with E-state index in [9.17, 15) is 9.59 Å². The van der Waals surface area contributed by atoms with E-state index in [1.807, 2.05) is 78.4 Å². The molecule has 6 nitrogen and oxygen atoms in total. The van der Waals surface area contributed by atoms with Crippen molar-refractivity contribution in [1.29, 1.82) is 0 Å². The second kappa shape index (κ2) is 11.4. The second-order valence-electron chi connectivity index (χ2n) is 8.89. The van der Waals surface area contributed by atoms with E-state index in [4.69, 9.17) is 9.84 Å². The number of amides is 1. The van der Waals surface area contributed by atoms with E-state index in [1.165, 1.54) is 11.1 Å². The third kappa shape index (κ3) is 6.42. The van der Waals surface area contributed by atoms with Crippen molar-refractivity contribution in [1.82, 2.24) is 9.47 Å². The number of fused-ring (bicyclic) bond motifs is 1. The van der Waals surface area contributed by atoms with E-state index in [0.29, 0.717) is 24.5 Å². The molecular formula is C30H30N2O4. The summed E-state index contributed by atoms with van der Waals surface area (Å²) in [6.07, 6.45) is 5.25. The van der Waals surface area contributed by atoms with E-state index in [1.54, 1.807) is 18.0 Å². The van der Waals surface area contributed by atoms with E-state index < -0.39 is 5.97 Å². The summed E-state index contributed by atoms with van der Waals surface area (Å²) in [5, 5.41) is 9.96. The van der Waals surface area contributed by atoms with Gasteiger partial charge in [-0.1, -0.05) is 60.2 Å². The number of carbonyl (C=O) groups excluding carboxylic acids is 1. The van der Waals surface area contributed by atoms with E-state index in [2.05, 4.69) is 12.1 Å². The third-order valence-corrected chi connectivity index (χ3v) is 6.13. The molecule has 4 rings (SSSR count). The number of nitrogens with zero attached hydrogens (tertiary/aromatic N) is 2. The number of carbonyl (C=O) groups is 2. The average Bonchev–Trinajstić information content (AvgIpc) is 3.22. The molecule has 0 saturated heterocycles. The average molecular weight is 483 g/mol. The number of aryl methyl sites for hydroxylation is 1. The predicted molar refractivity (Wildman–Crippen MR) is 142 cm³/mol. The molecule has 1 N–H and O–H groups in total. The number of carboxylic acid groups (broad SMARTS) is 1. The Labute approximate surface area is 211 Å². The first-order chi connectivity index (χ1) is 17.4. The van der Waals surface area contributed by atoms with Crippen LogP contribution in [0.1, 0.15) is 22.3 Å². The monoisotopic (exact) mass is 482 g/mol. The van der Waals surface area contributed by atoms with Gasteiger partial charge in [0, 0.05) is 42.3 Å². The lowest BCUT2D eigenvalue weighted by Crippen LogP contribution is -2.31. The predicted octanol–water partition coefficient (Wildman–Crippen LogP) is 5.33. The van der Waals surface area contributed by atoms with Crippen molar-refractivity contribution in [3.05, 3.63) is 107 Å².